The summed E-state index contributed by atoms with van der Waals surface area (Å²) in [6.45, 7) is 29.3. The molecule has 0 bridgehead atoms. The zero-order valence-electron chi connectivity index (χ0n) is 30.2. The zero-order chi connectivity index (χ0) is 32.4. The summed E-state index contributed by atoms with van der Waals surface area (Å²) in [6.07, 6.45) is 11.6. The number of hydrogen-bond donors (Lipinski definition) is 0. The maximum absolute atomic E-state index is 4.61. The fraction of sp³-hybridized carbons (Fsp3) is 0.475. The van der Waals surface area contributed by atoms with Gasteiger partial charge in [0, 0.05) is 0 Å². The Morgan fingerprint density at radius 2 is 1.48 bits per heavy atom. The first-order valence-corrected chi connectivity index (χ1v) is 44.6. The third-order valence-electron chi connectivity index (χ3n) is 13.8. The molecule has 236 valence electrons. The first-order chi connectivity index (χ1) is 20.6. The molecule has 4 unspecified atom stereocenters. The number of rotatable bonds is 10. The fourth-order valence-electron chi connectivity index (χ4n) is 11.1. The van der Waals surface area contributed by atoms with Gasteiger partial charge < -0.3 is 0 Å². The number of allylic oxidation sites excluding steroid dienone is 13. The second kappa shape index (κ2) is 12.6. The first-order valence-electron chi connectivity index (χ1n) is 17.5. The van der Waals surface area contributed by atoms with E-state index in [1.807, 2.05) is 9.84 Å². The summed E-state index contributed by atoms with van der Waals surface area (Å²) in [6, 6.07) is 9.46. The fourth-order valence-corrected chi connectivity index (χ4v) is 70.1. The van der Waals surface area contributed by atoms with Crippen LogP contribution in [-0.2, 0) is 37.4 Å². The van der Waals surface area contributed by atoms with Crippen LogP contribution in [0.4, 0.5) is 0 Å². The summed E-state index contributed by atoms with van der Waals surface area (Å²) >= 11 is -6.43. The van der Waals surface area contributed by atoms with E-state index in [1.165, 1.54) is 51.1 Å². The molecule has 0 spiro atoms. The molecule has 0 saturated heterocycles. The zero-order valence-corrected chi connectivity index (χ0v) is 39.1. The van der Waals surface area contributed by atoms with Gasteiger partial charge in [-0.3, -0.25) is 0 Å². The van der Waals surface area contributed by atoms with E-state index in [0.29, 0.717) is 15.5 Å². The molecule has 4 heteroatoms. The SMILES string of the molecule is [CH2]C[CH2][Zr]([SiH3])([CH2]C[CH2][Zr]([SiH3])([C]1=C(C)C(C)=C(C)C1C)[CH]1C(C)=Cc2ccccc21)([C]1=CC(C)=CC1)[C]1=C(C)C(C)=C(C)C1C. The molecule has 4 aliphatic rings. The Morgan fingerprint density at radius 3 is 2.02 bits per heavy atom. The third kappa shape index (κ3) is 5.31. The Balaban J connectivity index is 1.63. The van der Waals surface area contributed by atoms with Crippen molar-refractivity contribution in [2.24, 2.45) is 11.8 Å². The van der Waals surface area contributed by atoms with Crippen molar-refractivity contribution in [2.45, 2.75) is 105 Å². The molecule has 0 amide bonds. The molecule has 1 aromatic rings. The molecule has 1 radical (unpaired) electrons. The molecule has 44 heavy (non-hydrogen) atoms. The predicted octanol–water partition coefficient (Wildman–Crippen LogP) is 10.2. The van der Waals surface area contributed by atoms with Crippen LogP contribution in [0.5, 0.6) is 0 Å². The number of benzene rings is 1. The van der Waals surface area contributed by atoms with Crippen molar-refractivity contribution in [1.82, 2.24) is 0 Å². The van der Waals surface area contributed by atoms with Crippen molar-refractivity contribution < 1.29 is 37.4 Å². The normalized spacial score (nSPS) is 26.4. The minimum absolute atomic E-state index is 0.622. The van der Waals surface area contributed by atoms with Gasteiger partial charge in [-0.15, -0.1) is 0 Å². The summed E-state index contributed by atoms with van der Waals surface area (Å²) in [5.41, 5.74) is 16.3. The molecular formula is C40H60Si2Zr2. The van der Waals surface area contributed by atoms with Gasteiger partial charge in [0.05, 0.1) is 0 Å². The average molecular weight is 780 g/mol. The van der Waals surface area contributed by atoms with Crippen LogP contribution in [0.3, 0.4) is 0 Å². The van der Waals surface area contributed by atoms with Gasteiger partial charge in [0.1, 0.15) is 0 Å². The summed E-state index contributed by atoms with van der Waals surface area (Å²) < 4.78 is 11.1. The minimum atomic E-state index is -3.54. The van der Waals surface area contributed by atoms with E-state index in [-0.39, 0.29) is 0 Å². The monoisotopic (exact) mass is 776 g/mol. The topological polar surface area (TPSA) is 0 Å². The van der Waals surface area contributed by atoms with E-state index in [4.69, 9.17) is 0 Å². The van der Waals surface area contributed by atoms with Gasteiger partial charge in [-0.2, -0.15) is 0 Å². The van der Waals surface area contributed by atoms with Crippen LogP contribution in [0.2, 0.25) is 12.4 Å². The van der Waals surface area contributed by atoms with E-state index in [9.17, 15) is 0 Å². The molecule has 0 aliphatic heterocycles. The van der Waals surface area contributed by atoms with E-state index in [0.717, 1.165) is 6.42 Å². The molecule has 0 fully saturated rings. The van der Waals surface area contributed by atoms with Crippen LogP contribution >= 0.6 is 0 Å². The molecule has 0 nitrogen and oxygen atoms in total. The molecule has 4 aliphatic carbocycles. The van der Waals surface area contributed by atoms with Gasteiger partial charge >= 0.3 is 283 Å². The molecule has 5 rings (SSSR count). The van der Waals surface area contributed by atoms with Crippen molar-refractivity contribution in [2.75, 3.05) is 0 Å². The molecular weight excluding hydrogens is 719 g/mol. The van der Waals surface area contributed by atoms with Crippen LogP contribution < -0.4 is 0 Å². The average Bonchev–Trinajstić information content (AvgIpc) is 3.67. The van der Waals surface area contributed by atoms with Crippen molar-refractivity contribution >= 4 is 20.8 Å². The van der Waals surface area contributed by atoms with Gasteiger partial charge in [0.15, 0.2) is 0 Å². The Labute approximate surface area is 280 Å². The summed E-state index contributed by atoms with van der Waals surface area (Å²) in [4.78, 5) is 0. The standard InChI is InChI=1S/C10H9.2C9H13.C6H7.2C3H6.2H3Si.2Zr/c1-8-6-9-4-2-3-5-10(9)7-8;2*1-6-5-7(2)9(4)8(6)3;1-6-4-2-3-5-6;2*1-3-2;;;;/h2-7H,1H3;2*6H,1-4H3;4-5H,2H2,1H3;2*1-3H2;2*1H3;;. The van der Waals surface area contributed by atoms with Crippen molar-refractivity contribution in [3.63, 3.8) is 0 Å². The molecule has 0 saturated carbocycles. The Hall–Kier alpha value is -0.400. The van der Waals surface area contributed by atoms with E-state index in [2.05, 4.69) is 119 Å². The summed E-state index contributed by atoms with van der Waals surface area (Å²) in [5.74, 6) is 1.26. The van der Waals surface area contributed by atoms with E-state index in [1.54, 1.807) is 44.6 Å². The third-order valence-corrected chi connectivity index (χ3v) is 69.5. The number of fused-ring (bicyclic) bond motifs is 1. The molecule has 4 atom stereocenters. The first kappa shape index (κ1) is 34.9. The van der Waals surface area contributed by atoms with Gasteiger partial charge in [0.25, 0.3) is 0 Å². The molecule has 0 N–H and O–H groups in total. The Morgan fingerprint density at radius 1 is 0.841 bits per heavy atom. The van der Waals surface area contributed by atoms with Crippen LogP contribution in [0.25, 0.3) is 6.08 Å². The van der Waals surface area contributed by atoms with Crippen LogP contribution in [-0.4, -0.2) is 14.7 Å². The van der Waals surface area contributed by atoms with Gasteiger partial charge in [0.2, 0.25) is 0 Å². The second-order valence-electron chi connectivity index (χ2n) is 16.1. The summed E-state index contributed by atoms with van der Waals surface area (Å²) in [5, 5.41) is 0. The van der Waals surface area contributed by atoms with Crippen molar-refractivity contribution in [1.29, 1.82) is 0 Å². The van der Waals surface area contributed by atoms with Gasteiger partial charge in [-0.05, 0) is 0 Å². The second-order valence-corrected chi connectivity index (χ2v) is 68.5. The predicted molar refractivity (Wildman–Crippen MR) is 199 cm³/mol. The number of hydrogen-bond acceptors (Lipinski definition) is 0. The van der Waals surface area contributed by atoms with E-state index < -0.39 is 37.4 Å². The van der Waals surface area contributed by atoms with Crippen LogP contribution in [0.15, 0.2) is 90.8 Å². The Kier molecular flexibility index (Phi) is 9.97. The molecule has 1 aromatic carbocycles. The Bertz CT molecular complexity index is 1630. The van der Waals surface area contributed by atoms with Crippen molar-refractivity contribution in [3.05, 3.63) is 109 Å². The maximum atomic E-state index is 4.61. The van der Waals surface area contributed by atoms with E-state index >= 15 is 0 Å². The van der Waals surface area contributed by atoms with Gasteiger partial charge in [-0.1, -0.05) is 0 Å². The van der Waals surface area contributed by atoms with Crippen molar-refractivity contribution in [3.8, 4) is 0 Å². The quantitative estimate of drug-likeness (QED) is 0.208. The van der Waals surface area contributed by atoms with Gasteiger partial charge in [-0.25, -0.2) is 0 Å². The molecule has 0 heterocycles. The summed E-state index contributed by atoms with van der Waals surface area (Å²) in [7, 11) is 2.73. The van der Waals surface area contributed by atoms with Crippen LogP contribution in [0.1, 0.15) is 103 Å². The van der Waals surface area contributed by atoms with Crippen LogP contribution in [0, 0.1) is 18.8 Å². The molecule has 0 aromatic heterocycles.